The van der Waals surface area contributed by atoms with Gasteiger partial charge in [0, 0.05) is 12.3 Å². The molecule has 4 unspecified atom stereocenters. The van der Waals surface area contributed by atoms with Gasteiger partial charge in [-0.15, -0.1) is 5.10 Å². The van der Waals surface area contributed by atoms with Gasteiger partial charge in [-0.05, 0) is 19.8 Å². The van der Waals surface area contributed by atoms with Crippen LogP contribution < -0.4 is 0 Å². The second-order valence-corrected chi connectivity index (χ2v) is 5.79. The number of Topliss-reactive ketones (excluding diaryl/α,β-unsaturated/α-hetero) is 1. The molecule has 3 heterocycles. The first kappa shape index (κ1) is 12.0. The summed E-state index contributed by atoms with van der Waals surface area (Å²) in [5.74, 6) is 0.400. The van der Waals surface area contributed by atoms with E-state index in [0.29, 0.717) is 6.42 Å². The summed E-state index contributed by atoms with van der Waals surface area (Å²) in [6.07, 6.45) is 2.52. The first-order chi connectivity index (χ1) is 9.65. The molecule has 0 spiro atoms. The maximum atomic E-state index is 14.1. The van der Waals surface area contributed by atoms with Crippen molar-refractivity contribution < 1.29 is 14.0 Å². The maximum absolute atomic E-state index is 14.1. The lowest BCUT2D eigenvalue weighted by molar-refractivity contribution is 0.0604. The van der Waals surface area contributed by atoms with E-state index in [1.807, 2.05) is 6.92 Å². The van der Waals surface area contributed by atoms with Crippen LogP contribution in [0.4, 0.5) is 4.39 Å². The molecule has 0 amide bonds. The Morgan fingerprint density at radius 3 is 2.95 bits per heavy atom. The zero-order valence-electron chi connectivity index (χ0n) is 11.1. The van der Waals surface area contributed by atoms with Crippen LogP contribution in [0.1, 0.15) is 54.8 Å². The number of fused-ring (bicyclic) bond motifs is 1. The summed E-state index contributed by atoms with van der Waals surface area (Å²) in [6, 6.07) is -0.172. The lowest BCUT2D eigenvalue weighted by atomic mass is 9.94. The second kappa shape index (κ2) is 4.10. The molecular formula is C13H15FN4O2. The molecule has 4 rings (SSSR count). The number of hydrogen-bond acceptors (Lipinski definition) is 5. The second-order valence-electron chi connectivity index (χ2n) is 5.79. The molecule has 7 heteroatoms. The van der Waals surface area contributed by atoms with Crippen LogP contribution in [0.3, 0.4) is 0 Å². The zero-order chi connectivity index (χ0) is 13.9. The SMILES string of the molecule is CC1ON=CC1C1CC(F)c2nc(C(=O)C3CC3)nn21. The van der Waals surface area contributed by atoms with Crippen LogP contribution in [0.2, 0.25) is 0 Å². The van der Waals surface area contributed by atoms with Gasteiger partial charge in [-0.1, -0.05) is 5.16 Å². The molecule has 0 saturated heterocycles. The number of halogens is 1. The number of hydrogen-bond donors (Lipinski definition) is 0. The molecule has 0 bridgehead atoms. The van der Waals surface area contributed by atoms with Crippen molar-refractivity contribution in [3.05, 3.63) is 11.6 Å². The molecule has 1 saturated carbocycles. The summed E-state index contributed by atoms with van der Waals surface area (Å²) < 4.78 is 15.7. The van der Waals surface area contributed by atoms with Crippen molar-refractivity contribution in [3.63, 3.8) is 0 Å². The number of ketones is 1. The van der Waals surface area contributed by atoms with E-state index >= 15 is 0 Å². The van der Waals surface area contributed by atoms with Crippen molar-refractivity contribution in [3.8, 4) is 0 Å². The number of rotatable bonds is 3. The van der Waals surface area contributed by atoms with Gasteiger partial charge >= 0.3 is 0 Å². The van der Waals surface area contributed by atoms with E-state index in [9.17, 15) is 9.18 Å². The highest BCUT2D eigenvalue weighted by Crippen LogP contribution is 2.42. The molecule has 1 aliphatic carbocycles. The standard InChI is InChI=1S/C13H15FN4O2/c1-6-8(5-15-20-6)10-4-9(14)13-16-12(17-18(10)13)11(19)7-2-3-7/h5-10H,2-4H2,1H3. The summed E-state index contributed by atoms with van der Waals surface area (Å²) in [7, 11) is 0. The molecule has 4 atom stereocenters. The molecule has 106 valence electrons. The number of nitrogens with zero attached hydrogens (tertiary/aromatic N) is 4. The van der Waals surface area contributed by atoms with Crippen LogP contribution >= 0.6 is 0 Å². The van der Waals surface area contributed by atoms with Crippen molar-refractivity contribution in [2.45, 2.75) is 44.5 Å². The Labute approximate surface area is 115 Å². The Kier molecular flexibility index (Phi) is 2.46. The number of oxime groups is 1. The fourth-order valence-electron chi connectivity index (χ4n) is 2.97. The molecule has 3 aliphatic rings. The highest BCUT2D eigenvalue weighted by Gasteiger charge is 2.44. The van der Waals surface area contributed by atoms with E-state index < -0.39 is 6.17 Å². The fourth-order valence-corrected chi connectivity index (χ4v) is 2.97. The van der Waals surface area contributed by atoms with Gasteiger partial charge in [0.1, 0.15) is 6.10 Å². The van der Waals surface area contributed by atoms with Crippen molar-refractivity contribution in [1.29, 1.82) is 0 Å². The number of alkyl halides is 1. The van der Waals surface area contributed by atoms with Crippen molar-refractivity contribution in [2.24, 2.45) is 17.0 Å². The van der Waals surface area contributed by atoms with E-state index in [1.54, 1.807) is 10.9 Å². The van der Waals surface area contributed by atoms with E-state index in [0.717, 1.165) is 12.8 Å². The van der Waals surface area contributed by atoms with Crippen LogP contribution in [0.25, 0.3) is 0 Å². The Bertz CT molecular complexity index is 595. The van der Waals surface area contributed by atoms with Gasteiger partial charge in [-0.25, -0.2) is 14.1 Å². The molecule has 2 aliphatic heterocycles. The Morgan fingerprint density at radius 2 is 2.30 bits per heavy atom. The van der Waals surface area contributed by atoms with Gasteiger partial charge in [0.2, 0.25) is 11.6 Å². The van der Waals surface area contributed by atoms with Crippen LogP contribution in [-0.4, -0.2) is 32.9 Å². The molecular weight excluding hydrogens is 263 g/mol. The first-order valence-electron chi connectivity index (χ1n) is 6.99. The van der Waals surface area contributed by atoms with Crippen LogP contribution in [-0.2, 0) is 4.84 Å². The minimum Gasteiger partial charge on any atom is -0.392 e. The Morgan fingerprint density at radius 1 is 1.50 bits per heavy atom. The first-order valence-corrected chi connectivity index (χ1v) is 6.99. The van der Waals surface area contributed by atoms with Gasteiger partial charge < -0.3 is 4.84 Å². The van der Waals surface area contributed by atoms with Gasteiger partial charge in [-0.2, -0.15) is 0 Å². The third kappa shape index (κ3) is 1.68. The predicted molar refractivity (Wildman–Crippen MR) is 67.1 cm³/mol. The molecule has 1 fully saturated rings. The van der Waals surface area contributed by atoms with Gasteiger partial charge in [0.25, 0.3) is 0 Å². The summed E-state index contributed by atoms with van der Waals surface area (Å²) in [6.45, 7) is 1.90. The lowest BCUT2D eigenvalue weighted by Crippen LogP contribution is -2.25. The minimum atomic E-state index is -1.17. The molecule has 1 aromatic heterocycles. The highest BCUT2D eigenvalue weighted by atomic mass is 19.1. The van der Waals surface area contributed by atoms with Gasteiger partial charge in [0.05, 0.1) is 18.2 Å². The Hall–Kier alpha value is -1.79. The van der Waals surface area contributed by atoms with Crippen LogP contribution in [0, 0.1) is 11.8 Å². The maximum Gasteiger partial charge on any atom is 0.217 e. The fraction of sp³-hybridized carbons (Fsp3) is 0.692. The van der Waals surface area contributed by atoms with Crippen molar-refractivity contribution in [2.75, 3.05) is 0 Å². The normalized spacial score (nSPS) is 35.1. The van der Waals surface area contributed by atoms with Crippen molar-refractivity contribution in [1.82, 2.24) is 14.8 Å². The predicted octanol–water partition coefficient (Wildman–Crippen LogP) is 1.85. The monoisotopic (exact) mass is 278 g/mol. The van der Waals surface area contributed by atoms with Gasteiger partial charge in [-0.3, -0.25) is 4.79 Å². The van der Waals surface area contributed by atoms with E-state index in [1.165, 1.54) is 0 Å². The average Bonchev–Trinajstić information content (AvgIpc) is 2.92. The largest absolute Gasteiger partial charge is 0.392 e. The molecule has 20 heavy (non-hydrogen) atoms. The average molecular weight is 278 g/mol. The highest BCUT2D eigenvalue weighted by molar-refractivity contribution is 5.95. The van der Waals surface area contributed by atoms with E-state index in [4.69, 9.17) is 4.84 Å². The lowest BCUT2D eigenvalue weighted by Gasteiger charge is -2.19. The molecule has 6 nitrogen and oxygen atoms in total. The molecule has 0 radical (unpaired) electrons. The van der Waals surface area contributed by atoms with E-state index in [2.05, 4.69) is 15.2 Å². The number of carbonyl (C=O) groups is 1. The summed E-state index contributed by atoms with van der Waals surface area (Å²) in [4.78, 5) is 21.3. The molecule has 1 aromatic rings. The van der Waals surface area contributed by atoms with Crippen molar-refractivity contribution >= 4 is 12.0 Å². The quantitative estimate of drug-likeness (QED) is 0.791. The third-order valence-electron chi connectivity index (χ3n) is 4.32. The van der Waals surface area contributed by atoms with Crippen LogP contribution in [0.5, 0.6) is 0 Å². The minimum absolute atomic E-state index is 0.0277. The summed E-state index contributed by atoms with van der Waals surface area (Å²) in [5, 5.41) is 8.05. The van der Waals surface area contributed by atoms with E-state index in [-0.39, 0.29) is 41.4 Å². The molecule has 0 aromatic carbocycles. The van der Waals surface area contributed by atoms with Crippen LogP contribution in [0.15, 0.2) is 5.16 Å². The summed E-state index contributed by atoms with van der Waals surface area (Å²) in [5.41, 5.74) is 0. The number of aromatic nitrogens is 3. The molecule has 0 N–H and O–H groups in total. The zero-order valence-corrected chi connectivity index (χ0v) is 11.1. The topological polar surface area (TPSA) is 69.4 Å². The van der Waals surface area contributed by atoms with Gasteiger partial charge in [0.15, 0.2) is 12.0 Å². The third-order valence-corrected chi connectivity index (χ3v) is 4.32. The summed E-state index contributed by atoms with van der Waals surface area (Å²) >= 11 is 0. The Balaban J connectivity index is 1.67. The number of carbonyl (C=O) groups excluding carboxylic acids is 1. The smallest absolute Gasteiger partial charge is 0.217 e.